The average molecular weight is 226 g/mol. The third-order valence-electron chi connectivity index (χ3n) is 2.63. The van der Waals surface area contributed by atoms with Crippen LogP contribution in [0.15, 0.2) is 4.52 Å². The first-order chi connectivity index (χ1) is 7.34. The number of hydrogen-bond donors (Lipinski definition) is 1. The van der Waals surface area contributed by atoms with Crippen LogP contribution in [0.25, 0.3) is 0 Å². The lowest BCUT2D eigenvalue weighted by Gasteiger charge is -2.29. The number of nitrogens with zero attached hydrogens (tertiary/aromatic N) is 3. The van der Waals surface area contributed by atoms with Crippen LogP contribution in [-0.4, -0.2) is 37.3 Å². The van der Waals surface area contributed by atoms with Crippen molar-refractivity contribution in [2.45, 2.75) is 33.2 Å². The molecule has 0 aliphatic carbocycles. The van der Waals surface area contributed by atoms with Gasteiger partial charge in [0.05, 0.1) is 0 Å². The molecule has 1 unspecified atom stereocenters. The van der Waals surface area contributed by atoms with E-state index in [9.17, 15) is 0 Å². The Bertz CT molecular complexity index is 327. The Labute approximate surface area is 97.2 Å². The summed E-state index contributed by atoms with van der Waals surface area (Å²) in [4.78, 5) is 6.15. The monoisotopic (exact) mass is 226 g/mol. The Morgan fingerprint density at radius 1 is 1.38 bits per heavy atom. The first-order valence-electron chi connectivity index (χ1n) is 5.51. The maximum absolute atomic E-state index is 5.21. The largest absolute Gasteiger partial charge is 0.344 e. The fourth-order valence-electron chi connectivity index (χ4n) is 1.53. The van der Waals surface area contributed by atoms with E-state index in [4.69, 9.17) is 4.52 Å². The van der Waals surface area contributed by atoms with Gasteiger partial charge < -0.3 is 14.7 Å². The van der Waals surface area contributed by atoms with Gasteiger partial charge in [0.1, 0.15) is 0 Å². The lowest BCUT2D eigenvalue weighted by atomic mass is 9.85. The summed E-state index contributed by atoms with van der Waals surface area (Å²) in [6.45, 7) is 6.58. The van der Waals surface area contributed by atoms with E-state index in [1.54, 1.807) is 0 Å². The first-order valence-corrected chi connectivity index (χ1v) is 5.51. The molecule has 0 saturated heterocycles. The van der Waals surface area contributed by atoms with Gasteiger partial charge in [-0.25, -0.2) is 0 Å². The zero-order valence-corrected chi connectivity index (χ0v) is 11.0. The Kier molecular flexibility index (Phi) is 3.91. The van der Waals surface area contributed by atoms with E-state index in [1.165, 1.54) is 0 Å². The number of aromatic nitrogens is 2. The minimum Gasteiger partial charge on any atom is -0.344 e. The van der Waals surface area contributed by atoms with E-state index in [1.807, 2.05) is 26.0 Å². The summed E-state index contributed by atoms with van der Waals surface area (Å²) in [5.41, 5.74) is 0.168. The molecular formula is C11H22N4O. The van der Waals surface area contributed by atoms with Gasteiger partial charge in [0.2, 0.25) is 5.89 Å². The summed E-state index contributed by atoms with van der Waals surface area (Å²) >= 11 is 0. The molecule has 0 aliphatic heterocycles. The zero-order valence-electron chi connectivity index (χ0n) is 11.0. The van der Waals surface area contributed by atoms with Crippen LogP contribution in [0.3, 0.4) is 0 Å². The fourth-order valence-corrected chi connectivity index (χ4v) is 1.53. The molecule has 1 aromatic rings. The highest BCUT2D eigenvalue weighted by Crippen LogP contribution is 2.22. The Morgan fingerprint density at radius 2 is 2.00 bits per heavy atom. The van der Waals surface area contributed by atoms with Crippen molar-refractivity contribution in [3.8, 4) is 0 Å². The molecule has 16 heavy (non-hydrogen) atoms. The smallest absolute Gasteiger partial charge is 0.265 e. The molecule has 0 aliphatic rings. The number of nitrogens with one attached hydrogen (secondary N) is 1. The second-order valence-corrected chi connectivity index (χ2v) is 5.29. The van der Waals surface area contributed by atoms with Crippen LogP contribution >= 0.6 is 0 Å². The predicted octanol–water partition coefficient (Wildman–Crippen LogP) is 1.31. The highest BCUT2D eigenvalue weighted by molar-refractivity contribution is 5.23. The molecule has 0 radical (unpaired) electrons. The van der Waals surface area contributed by atoms with Crippen molar-refractivity contribution in [2.75, 3.05) is 26.0 Å². The van der Waals surface area contributed by atoms with Gasteiger partial charge in [-0.15, -0.1) is 0 Å². The van der Waals surface area contributed by atoms with Gasteiger partial charge in [0.25, 0.3) is 5.95 Å². The predicted molar refractivity (Wildman–Crippen MR) is 64.6 cm³/mol. The van der Waals surface area contributed by atoms with Crippen molar-refractivity contribution in [1.82, 2.24) is 15.5 Å². The lowest BCUT2D eigenvalue weighted by Crippen LogP contribution is -2.39. The highest BCUT2D eigenvalue weighted by atomic mass is 16.5. The molecule has 1 aromatic heterocycles. The minimum atomic E-state index is 0.168. The summed E-state index contributed by atoms with van der Waals surface area (Å²) in [6, 6.07) is 0.322. The average Bonchev–Trinajstić information content (AvgIpc) is 2.60. The zero-order chi connectivity index (χ0) is 12.3. The van der Waals surface area contributed by atoms with E-state index in [0.717, 1.165) is 6.42 Å². The fraction of sp³-hybridized carbons (Fsp3) is 0.818. The first kappa shape index (κ1) is 13.0. The van der Waals surface area contributed by atoms with E-state index >= 15 is 0 Å². The van der Waals surface area contributed by atoms with Gasteiger partial charge >= 0.3 is 0 Å². The van der Waals surface area contributed by atoms with Crippen LogP contribution in [0.4, 0.5) is 5.95 Å². The molecule has 1 rings (SSSR count). The molecule has 1 atom stereocenters. The van der Waals surface area contributed by atoms with Crippen LogP contribution in [0.2, 0.25) is 0 Å². The van der Waals surface area contributed by atoms with Crippen LogP contribution in [-0.2, 0) is 6.42 Å². The third kappa shape index (κ3) is 3.20. The van der Waals surface area contributed by atoms with E-state index < -0.39 is 0 Å². The van der Waals surface area contributed by atoms with Crippen molar-refractivity contribution in [3.05, 3.63) is 5.89 Å². The summed E-state index contributed by atoms with van der Waals surface area (Å²) in [7, 11) is 5.75. The van der Waals surface area contributed by atoms with Gasteiger partial charge in [0, 0.05) is 26.6 Å². The molecule has 0 saturated carbocycles. The quantitative estimate of drug-likeness (QED) is 0.839. The van der Waals surface area contributed by atoms with Crippen LogP contribution in [0.5, 0.6) is 0 Å². The van der Waals surface area contributed by atoms with E-state index in [-0.39, 0.29) is 5.41 Å². The normalized spacial score (nSPS) is 13.9. The Balaban J connectivity index is 2.71. The SMILES string of the molecule is CNC(Cc1nc(N(C)C)no1)C(C)(C)C. The molecule has 5 nitrogen and oxygen atoms in total. The van der Waals surface area contributed by atoms with Gasteiger partial charge in [-0.2, -0.15) is 4.98 Å². The van der Waals surface area contributed by atoms with Crippen molar-refractivity contribution >= 4 is 5.95 Å². The molecule has 0 spiro atoms. The number of rotatable bonds is 4. The second-order valence-electron chi connectivity index (χ2n) is 5.29. The molecule has 0 amide bonds. The summed E-state index contributed by atoms with van der Waals surface area (Å²) < 4.78 is 5.21. The van der Waals surface area contributed by atoms with Gasteiger partial charge in [-0.1, -0.05) is 20.8 Å². The molecule has 92 valence electrons. The molecule has 0 fully saturated rings. The van der Waals surface area contributed by atoms with Crippen molar-refractivity contribution in [3.63, 3.8) is 0 Å². The maximum Gasteiger partial charge on any atom is 0.265 e. The molecule has 0 aromatic carbocycles. The topological polar surface area (TPSA) is 54.2 Å². The van der Waals surface area contributed by atoms with Gasteiger partial charge in [-0.05, 0) is 17.6 Å². The number of likely N-dealkylation sites (N-methyl/N-ethyl adjacent to an activating group) is 1. The van der Waals surface area contributed by atoms with Gasteiger partial charge in [0.15, 0.2) is 0 Å². The summed E-state index contributed by atoms with van der Waals surface area (Å²) in [5.74, 6) is 1.30. The Hall–Kier alpha value is -1.10. The summed E-state index contributed by atoms with van der Waals surface area (Å²) in [5, 5.41) is 7.18. The second kappa shape index (κ2) is 4.82. The number of hydrogen-bond acceptors (Lipinski definition) is 5. The standard InChI is InChI=1S/C11H22N4O/c1-11(2,3)8(12-4)7-9-13-10(14-16-9)15(5)6/h8,12H,7H2,1-6H3. The third-order valence-corrected chi connectivity index (χ3v) is 2.63. The van der Waals surface area contributed by atoms with E-state index in [0.29, 0.717) is 17.9 Å². The lowest BCUT2D eigenvalue weighted by molar-refractivity contribution is 0.255. The molecule has 0 bridgehead atoms. The molecule has 1 heterocycles. The van der Waals surface area contributed by atoms with Crippen molar-refractivity contribution in [2.24, 2.45) is 5.41 Å². The van der Waals surface area contributed by atoms with Gasteiger partial charge in [-0.3, -0.25) is 0 Å². The minimum absolute atomic E-state index is 0.168. The van der Waals surface area contributed by atoms with Crippen molar-refractivity contribution in [1.29, 1.82) is 0 Å². The van der Waals surface area contributed by atoms with Crippen molar-refractivity contribution < 1.29 is 4.52 Å². The Morgan fingerprint density at radius 3 is 2.38 bits per heavy atom. The van der Waals surface area contributed by atoms with Crippen LogP contribution in [0.1, 0.15) is 26.7 Å². The highest BCUT2D eigenvalue weighted by Gasteiger charge is 2.25. The number of anilines is 1. The van der Waals surface area contributed by atoms with Crippen LogP contribution < -0.4 is 10.2 Å². The maximum atomic E-state index is 5.21. The molecule has 1 N–H and O–H groups in total. The molecular weight excluding hydrogens is 204 g/mol. The van der Waals surface area contributed by atoms with Crippen LogP contribution in [0, 0.1) is 5.41 Å². The van der Waals surface area contributed by atoms with E-state index in [2.05, 4.69) is 36.2 Å². The molecule has 5 heteroatoms. The summed E-state index contributed by atoms with van der Waals surface area (Å²) in [6.07, 6.45) is 0.751.